The summed E-state index contributed by atoms with van der Waals surface area (Å²) in [5.41, 5.74) is 1.35. The van der Waals surface area contributed by atoms with Gasteiger partial charge in [-0.3, -0.25) is 14.8 Å². The first-order valence-corrected chi connectivity index (χ1v) is 10.3. The minimum Gasteiger partial charge on any atom is -0.357 e. The fraction of sp³-hybridized carbons (Fsp3) is 0.591. The van der Waals surface area contributed by atoms with E-state index in [0.717, 1.165) is 51.8 Å². The molecule has 0 radical (unpaired) electrons. The highest BCUT2D eigenvalue weighted by molar-refractivity contribution is 5.80. The Bertz CT molecular complexity index is 619. The van der Waals surface area contributed by atoms with Crippen LogP contribution in [0.4, 0.5) is 0 Å². The zero-order valence-electron chi connectivity index (χ0n) is 17.1. The number of nitrogens with one attached hydrogen (secondary N) is 1. The Hall–Kier alpha value is -1.85. The number of aliphatic imine (C=N–C) groups is 1. The second-order valence-electron chi connectivity index (χ2n) is 7.76. The summed E-state index contributed by atoms with van der Waals surface area (Å²) in [5.74, 6) is 1.08. The van der Waals surface area contributed by atoms with E-state index in [9.17, 15) is 0 Å². The SMILES string of the molecule is CCNC(=NCC(C)N(C)Cc1ccccc1)N1CCC(N2CC=CC2)C1. The van der Waals surface area contributed by atoms with Gasteiger partial charge in [-0.1, -0.05) is 42.5 Å². The van der Waals surface area contributed by atoms with Crippen molar-refractivity contribution in [1.82, 2.24) is 20.0 Å². The average molecular weight is 370 g/mol. The standard InChI is InChI=1S/C22H35N5/c1-4-23-22(27-15-12-21(18-27)26-13-8-9-14-26)24-16-19(2)25(3)17-20-10-6-5-7-11-20/h5-11,19,21H,4,12-18H2,1-3H3,(H,23,24). The summed E-state index contributed by atoms with van der Waals surface area (Å²) in [6.07, 6.45) is 5.80. The Morgan fingerprint density at radius 1 is 1.26 bits per heavy atom. The van der Waals surface area contributed by atoms with Crippen LogP contribution in [0.1, 0.15) is 25.8 Å². The molecule has 0 aliphatic carbocycles. The van der Waals surface area contributed by atoms with Gasteiger partial charge in [0.25, 0.3) is 0 Å². The number of hydrogen-bond donors (Lipinski definition) is 1. The molecule has 0 amide bonds. The molecule has 0 bridgehead atoms. The fourth-order valence-electron chi connectivity index (χ4n) is 3.84. The lowest BCUT2D eigenvalue weighted by Crippen LogP contribution is -2.43. The Kier molecular flexibility index (Phi) is 7.30. The van der Waals surface area contributed by atoms with Gasteiger partial charge >= 0.3 is 0 Å². The number of nitrogens with zero attached hydrogens (tertiary/aromatic N) is 4. The highest BCUT2D eigenvalue weighted by Crippen LogP contribution is 2.18. The van der Waals surface area contributed by atoms with Crippen molar-refractivity contribution in [3.8, 4) is 0 Å². The van der Waals surface area contributed by atoms with Crippen molar-refractivity contribution in [3.63, 3.8) is 0 Å². The van der Waals surface area contributed by atoms with E-state index in [2.05, 4.69) is 83.4 Å². The number of likely N-dealkylation sites (tertiary alicyclic amines) is 1. The molecule has 1 fully saturated rings. The second-order valence-corrected chi connectivity index (χ2v) is 7.76. The van der Waals surface area contributed by atoms with Crippen molar-refractivity contribution >= 4 is 5.96 Å². The molecule has 2 unspecified atom stereocenters. The third-order valence-corrected chi connectivity index (χ3v) is 5.69. The molecule has 2 aliphatic rings. The van der Waals surface area contributed by atoms with Crippen molar-refractivity contribution < 1.29 is 0 Å². The number of benzene rings is 1. The van der Waals surface area contributed by atoms with Gasteiger partial charge in [-0.05, 0) is 32.9 Å². The zero-order chi connectivity index (χ0) is 19.1. The van der Waals surface area contributed by atoms with E-state index < -0.39 is 0 Å². The smallest absolute Gasteiger partial charge is 0.194 e. The van der Waals surface area contributed by atoms with Gasteiger partial charge in [-0.25, -0.2) is 0 Å². The van der Waals surface area contributed by atoms with Crippen molar-refractivity contribution in [3.05, 3.63) is 48.0 Å². The maximum atomic E-state index is 4.97. The molecule has 2 atom stereocenters. The van der Waals surface area contributed by atoms with Gasteiger partial charge in [-0.2, -0.15) is 0 Å². The topological polar surface area (TPSA) is 34.1 Å². The first kappa shape index (κ1) is 19.9. The Balaban J connectivity index is 1.53. The monoisotopic (exact) mass is 369 g/mol. The lowest BCUT2D eigenvalue weighted by molar-refractivity contribution is 0.252. The van der Waals surface area contributed by atoms with Gasteiger partial charge < -0.3 is 10.2 Å². The average Bonchev–Trinajstić information content (AvgIpc) is 3.37. The molecular weight excluding hydrogens is 334 g/mol. The van der Waals surface area contributed by atoms with E-state index in [1.165, 1.54) is 12.0 Å². The summed E-state index contributed by atoms with van der Waals surface area (Å²) in [7, 11) is 2.19. The van der Waals surface area contributed by atoms with Crippen molar-refractivity contribution in [2.24, 2.45) is 4.99 Å². The van der Waals surface area contributed by atoms with E-state index >= 15 is 0 Å². The number of likely N-dealkylation sites (N-methyl/N-ethyl adjacent to an activating group) is 1. The van der Waals surface area contributed by atoms with Crippen LogP contribution in [0.25, 0.3) is 0 Å². The van der Waals surface area contributed by atoms with E-state index in [-0.39, 0.29) is 0 Å². The third-order valence-electron chi connectivity index (χ3n) is 5.69. The summed E-state index contributed by atoms with van der Waals surface area (Å²) >= 11 is 0. The third kappa shape index (κ3) is 5.56. The summed E-state index contributed by atoms with van der Waals surface area (Å²) in [6, 6.07) is 11.7. The molecular formula is C22H35N5. The lowest BCUT2D eigenvalue weighted by Gasteiger charge is -2.27. The molecule has 1 N–H and O–H groups in total. The zero-order valence-corrected chi connectivity index (χ0v) is 17.1. The minimum absolute atomic E-state index is 0.403. The van der Waals surface area contributed by atoms with Crippen molar-refractivity contribution in [2.75, 3.05) is 46.3 Å². The maximum absolute atomic E-state index is 4.97. The van der Waals surface area contributed by atoms with Crippen LogP contribution < -0.4 is 5.32 Å². The van der Waals surface area contributed by atoms with Crippen LogP contribution in [-0.2, 0) is 6.54 Å². The fourth-order valence-corrected chi connectivity index (χ4v) is 3.84. The Morgan fingerprint density at radius 2 is 2.00 bits per heavy atom. The molecule has 2 heterocycles. The van der Waals surface area contributed by atoms with Gasteiger partial charge in [0.1, 0.15) is 0 Å². The highest BCUT2D eigenvalue weighted by Gasteiger charge is 2.29. The molecule has 3 rings (SSSR count). The summed E-state index contributed by atoms with van der Waals surface area (Å²) < 4.78 is 0. The molecule has 0 aromatic heterocycles. The molecule has 2 aliphatic heterocycles. The summed E-state index contributed by atoms with van der Waals surface area (Å²) in [5, 5.41) is 3.50. The molecule has 5 nitrogen and oxygen atoms in total. The second kappa shape index (κ2) is 9.90. The van der Waals surface area contributed by atoms with Crippen LogP contribution >= 0.6 is 0 Å². The maximum Gasteiger partial charge on any atom is 0.194 e. The molecule has 5 heteroatoms. The van der Waals surface area contributed by atoms with Crippen LogP contribution in [0.2, 0.25) is 0 Å². The van der Waals surface area contributed by atoms with Crippen LogP contribution in [0.5, 0.6) is 0 Å². The quantitative estimate of drug-likeness (QED) is 0.455. The van der Waals surface area contributed by atoms with Gasteiger partial charge in [-0.15, -0.1) is 0 Å². The highest BCUT2D eigenvalue weighted by atomic mass is 15.3. The Morgan fingerprint density at radius 3 is 2.70 bits per heavy atom. The predicted octanol–water partition coefficient (Wildman–Crippen LogP) is 2.42. The molecule has 27 heavy (non-hydrogen) atoms. The molecule has 1 aromatic rings. The van der Waals surface area contributed by atoms with Crippen molar-refractivity contribution in [1.29, 1.82) is 0 Å². The van der Waals surface area contributed by atoms with E-state index in [4.69, 9.17) is 4.99 Å². The molecule has 0 spiro atoms. The normalized spacial score (nSPS) is 22.0. The molecule has 1 saturated heterocycles. The minimum atomic E-state index is 0.403. The van der Waals surface area contributed by atoms with Gasteiger partial charge in [0.15, 0.2) is 5.96 Å². The van der Waals surface area contributed by atoms with Crippen LogP contribution in [0.15, 0.2) is 47.5 Å². The van der Waals surface area contributed by atoms with E-state index in [1.807, 2.05) is 0 Å². The number of guanidine groups is 1. The van der Waals surface area contributed by atoms with Crippen LogP contribution in [0.3, 0.4) is 0 Å². The first-order chi connectivity index (χ1) is 13.2. The molecule has 148 valence electrons. The molecule has 1 aromatic carbocycles. The van der Waals surface area contributed by atoms with Gasteiger partial charge in [0.05, 0.1) is 6.54 Å². The lowest BCUT2D eigenvalue weighted by atomic mass is 10.2. The molecule has 0 saturated carbocycles. The van der Waals surface area contributed by atoms with Gasteiger partial charge in [0.2, 0.25) is 0 Å². The van der Waals surface area contributed by atoms with Crippen molar-refractivity contribution in [2.45, 2.75) is 38.9 Å². The Labute approximate surface area is 164 Å². The van der Waals surface area contributed by atoms with Crippen LogP contribution in [-0.4, -0.2) is 79.1 Å². The van der Waals surface area contributed by atoms with Gasteiger partial charge in [0, 0.05) is 51.4 Å². The number of rotatable bonds is 7. The predicted molar refractivity (Wildman–Crippen MR) is 114 cm³/mol. The van der Waals surface area contributed by atoms with E-state index in [1.54, 1.807) is 0 Å². The van der Waals surface area contributed by atoms with E-state index in [0.29, 0.717) is 12.1 Å². The largest absolute Gasteiger partial charge is 0.357 e. The van der Waals surface area contributed by atoms with Crippen LogP contribution in [0, 0.1) is 0 Å². The number of hydrogen-bond acceptors (Lipinski definition) is 3. The first-order valence-electron chi connectivity index (χ1n) is 10.3. The summed E-state index contributed by atoms with van der Waals surface area (Å²) in [6.45, 7) is 11.5. The summed E-state index contributed by atoms with van der Waals surface area (Å²) in [4.78, 5) is 12.4.